The first kappa shape index (κ1) is 27.8. The van der Waals surface area contributed by atoms with E-state index >= 15 is 0 Å². The van der Waals surface area contributed by atoms with Crippen LogP contribution in [-0.4, -0.2) is 28.2 Å². The first-order valence-corrected chi connectivity index (χ1v) is 11.9. The lowest BCUT2D eigenvalue weighted by atomic mass is 9.75. The first-order chi connectivity index (χ1) is 18.8. The lowest BCUT2D eigenvalue weighted by Crippen LogP contribution is -2.40. The van der Waals surface area contributed by atoms with E-state index in [1.54, 1.807) is 0 Å². The quantitative estimate of drug-likeness (QED) is 0.135. The average Bonchev–Trinajstić information content (AvgIpc) is 2.90. The summed E-state index contributed by atoms with van der Waals surface area (Å²) in [5.41, 5.74) is 8.64. The zero-order valence-corrected chi connectivity index (χ0v) is 21.1. The van der Waals surface area contributed by atoms with Crippen molar-refractivity contribution in [1.82, 2.24) is 0 Å². The predicted molar refractivity (Wildman–Crippen MR) is 146 cm³/mol. The minimum Gasteiger partial charge on any atom is -0.506 e. The number of nitrogens with two attached hydrogens (primary N) is 2. The van der Waals surface area contributed by atoms with Crippen LogP contribution in [0.5, 0.6) is 11.5 Å². The molecule has 8 nitrogen and oxygen atoms in total. The van der Waals surface area contributed by atoms with Gasteiger partial charge in [-0.1, -0.05) is 12.1 Å². The number of carbonyl (C=O) groups excluding carboxylic acids is 2. The number of phenolic OH excluding ortho intramolecular Hbond substituents is 2. The molecule has 0 unspecified atom stereocenters. The summed E-state index contributed by atoms with van der Waals surface area (Å²) in [4.78, 5) is 25.3. The van der Waals surface area contributed by atoms with Gasteiger partial charge in [0.15, 0.2) is 0 Å². The van der Waals surface area contributed by atoms with Crippen molar-refractivity contribution in [3.05, 3.63) is 107 Å². The van der Waals surface area contributed by atoms with E-state index in [1.807, 2.05) is 0 Å². The van der Waals surface area contributed by atoms with E-state index in [0.29, 0.717) is 11.4 Å². The highest BCUT2D eigenvalue weighted by Gasteiger charge is 2.54. The van der Waals surface area contributed by atoms with E-state index in [4.69, 9.17) is 11.5 Å². The molecule has 40 heavy (non-hydrogen) atoms. The van der Waals surface area contributed by atoms with Crippen LogP contribution in [0, 0.1) is 0 Å². The van der Waals surface area contributed by atoms with Crippen LogP contribution in [0.25, 0.3) is 0 Å². The van der Waals surface area contributed by atoms with E-state index in [-0.39, 0.29) is 33.6 Å². The molecule has 8 N–H and O–H groups in total. The molecule has 0 aliphatic carbocycles. The summed E-state index contributed by atoms with van der Waals surface area (Å²) in [5.74, 6) is -2.23. The second-order valence-electron chi connectivity index (χ2n) is 9.24. The summed E-state index contributed by atoms with van der Waals surface area (Å²) < 4.78 is 44.2. The molecule has 11 heteroatoms. The fraction of sp³-hybridized carbons (Fsp3) is 0.103. The molecule has 0 heterocycles. The Hall–Kier alpha value is -5.19. The third-order valence-electron chi connectivity index (χ3n) is 6.56. The molecule has 0 radical (unpaired) electrons. The summed E-state index contributed by atoms with van der Waals surface area (Å²) in [6, 6.07) is 18.0. The second kappa shape index (κ2) is 10.5. The summed E-state index contributed by atoms with van der Waals surface area (Å²) in [5, 5.41) is 25.5. The van der Waals surface area contributed by atoms with Crippen molar-refractivity contribution in [3.63, 3.8) is 0 Å². The van der Waals surface area contributed by atoms with E-state index in [0.717, 1.165) is 43.3 Å². The fourth-order valence-electron chi connectivity index (χ4n) is 4.05. The molecule has 0 saturated heterocycles. The number of nitrogen functional groups attached to an aromatic ring is 2. The van der Waals surface area contributed by atoms with E-state index < -0.39 is 34.9 Å². The van der Waals surface area contributed by atoms with Crippen molar-refractivity contribution >= 4 is 34.6 Å². The van der Waals surface area contributed by atoms with Gasteiger partial charge in [-0.25, -0.2) is 0 Å². The Balaban J connectivity index is 1.72. The van der Waals surface area contributed by atoms with Gasteiger partial charge in [-0.2, -0.15) is 13.2 Å². The van der Waals surface area contributed by atoms with Crippen LogP contribution in [0.1, 0.15) is 38.8 Å². The van der Waals surface area contributed by atoms with Crippen molar-refractivity contribution in [2.24, 2.45) is 0 Å². The first-order valence-electron chi connectivity index (χ1n) is 11.9. The Kier molecular flexibility index (Phi) is 7.32. The SMILES string of the molecule is CC(c1ccc(O)c(NC(=O)c2ccc(N)cc2)c1)(c1ccc(O)c(NC(=O)c2ccc(N)cc2)c1)C(F)(F)F. The van der Waals surface area contributed by atoms with E-state index in [2.05, 4.69) is 10.6 Å². The molecule has 0 aliphatic heterocycles. The summed E-state index contributed by atoms with van der Waals surface area (Å²) in [6.45, 7) is 0.920. The number of hydrogen-bond acceptors (Lipinski definition) is 6. The zero-order valence-electron chi connectivity index (χ0n) is 21.1. The monoisotopic (exact) mass is 550 g/mol. The van der Waals surface area contributed by atoms with Gasteiger partial charge in [0.1, 0.15) is 16.9 Å². The summed E-state index contributed by atoms with van der Waals surface area (Å²) >= 11 is 0. The van der Waals surface area contributed by atoms with Crippen molar-refractivity contribution < 1.29 is 33.0 Å². The van der Waals surface area contributed by atoms with Crippen molar-refractivity contribution in [3.8, 4) is 11.5 Å². The highest BCUT2D eigenvalue weighted by Crippen LogP contribution is 2.48. The van der Waals surface area contributed by atoms with Gasteiger partial charge in [-0.3, -0.25) is 9.59 Å². The molecule has 0 aliphatic rings. The Morgan fingerprint density at radius 1 is 0.650 bits per heavy atom. The highest BCUT2D eigenvalue weighted by molar-refractivity contribution is 6.06. The normalized spacial score (nSPS) is 11.6. The van der Waals surface area contributed by atoms with Gasteiger partial charge in [-0.15, -0.1) is 0 Å². The molecular weight excluding hydrogens is 525 g/mol. The van der Waals surface area contributed by atoms with E-state index in [9.17, 15) is 33.0 Å². The number of hydrogen-bond donors (Lipinski definition) is 6. The molecule has 2 amide bonds. The van der Waals surface area contributed by atoms with Crippen molar-refractivity contribution in [1.29, 1.82) is 0 Å². The maximum absolute atomic E-state index is 14.7. The Morgan fingerprint density at radius 3 is 1.32 bits per heavy atom. The maximum Gasteiger partial charge on any atom is 0.402 e. The molecule has 0 fully saturated rings. The number of halogens is 3. The molecule has 4 aromatic carbocycles. The third-order valence-corrected chi connectivity index (χ3v) is 6.56. The van der Waals surface area contributed by atoms with Crippen LogP contribution in [0.3, 0.4) is 0 Å². The average molecular weight is 551 g/mol. The molecular formula is C29H25F3N4O4. The zero-order chi connectivity index (χ0) is 29.2. The predicted octanol–water partition coefficient (Wildman–Crippen LogP) is 5.64. The van der Waals surface area contributed by atoms with E-state index in [1.165, 1.54) is 48.5 Å². The summed E-state index contributed by atoms with van der Waals surface area (Å²) in [7, 11) is 0. The number of aromatic hydroxyl groups is 2. The molecule has 4 rings (SSSR count). The second-order valence-corrected chi connectivity index (χ2v) is 9.24. The van der Waals surface area contributed by atoms with Gasteiger partial charge < -0.3 is 32.3 Å². The number of alkyl halides is 3. The van der Waals surface area contributed by atoms with Crippen molar-refractivity contribution in [2.45, 2.75) is 18.5 Å². The molecule has 4 aromatic rings. The van der Waals surface area contributed by atoms with Gasteiger partial charge >= 0.3 is 6.18 Å². The Labute approximate surface area is 227 Å². The van der Waals surface area contributed by atoms with Crippen LogP contribution in [0.15, 0.2) is 84.9 Å². The van der Waals surface area contributed by atoms with Gasteiger partial charge in [0.2, 0.25) is 0 Å². The molecule has 0 atom stereocenters. The number of amides is 2. The van der Waals surface area contributed by atoms with Crippen LogP contribution in [0.2, 0.25) is 0 Å². The van der Waals surface area contributed by atoms with Crippen molar-refractivity contribution in [2.75, 3.05) is 22.1 Å². The maximum atomic E-state index is 14.7. The lowest BCUT2D eigenvalue weighted by molar-refractivity contribution is -0.173. The van der Waals surface area contributed by atoms with Gasteiger partial charge in [0.25, 0.3) is 11.8 Å². The Morgan fingerprint density at radius 2 is 1.00 bits per heavy atom. The Bertz CT molecular complexity index is 1460. The number of carbonyl (C=O) groups is 2. The topological polar surface area (TPSA) is 151 Å². The fourth-order valence-corrected chi connectivity index (χ4v) is 4.05. The van der Waals surface area contributed by atoms with Crippen LogP contribution in [-0.2, 0) is 5.41 Å². The molecule has 0 aromatic heterocycles. The number of benzene rings is 4. The minimum atomic E-state index is -4.88. The molecule has 0 spiro atoms. The smallest absolute Gasteiger partial charge is 0.402 e. The third kappa shape index (κ3) is 5.48. The van der Waals surface area contributed by atoms with Gasteiger partial charge in [-0.05, 0) is 90.8 Å². The van der Waals surface area contributed by atoms with Crippen LogP contribution < -0.4 is 22.1 Å². The lowest BCUT2D eigenvalue weighted by Gasteiger charge is -2.34. The number of rotatable bonds is 6. The number of anilines is 4. The number of phenols is 2. The van der Waals surface area contributed by atoms with Gasteiger partial charge in [0, 0.05) is 22.5 Å². The highest BCUT2D eigenvalue weighted by atomic mass is 19.4. The molecule has 206 valence electrons. The van der Waals surface area contributed by atoms with Gasteiger partial charge in [0.05, 0.1) is 11.4 Å². The standard InChI is InChI=1S/C29H25F3N4O4/c1-28(29(30,31)32,18-6-12-24(37)22(14-18)35-26(39)16-2-8-20(33)9-3-16)19-7-13-25(38)23(15-19)36-27(40)17-4-10-21(34)11-5-17/h2-15,37-38H,33-34H2,1H3,(H,35,39)(H,36,40). The van der Waals surface area contributed by atoms with Crippen LogP contribution in [0.4, 0.5) is 35.9 Å². The summed E-state index contributed by atoms with van der Waals surface area (Å²) in [6.07, 6.45) is -4.88. The molecule has 0 saturated carbocycles. The number of nitrogens with one attached hydrogen (secondary N) is 2. The van der Waals surface area contributed by atoms with Crippen LogP contribution >= 0.6 is 0 Å². The minimum absolute atomic E-state index is 0.178. The largest absolute Gasteiger partial charge is 0.506 e. The molecule has 0 bridgehead atoms.